The van der Waals surface area contributed by atoms with E-state index in [1.165, 1.54) is 0 Å². The maximum Gasteiger partial charge on any atom is 0.335 e. The molecule has 0 aromatic heterocycles. The highest BCUT2D eigenvalue weighted by atomic mass is 16.4. The van der Waals surface area contributed by atoms with Crippen LogP contribution in [0.15, 0.2) is 34.5 Å². The van der Waals surface area contributed by atoms with Gasteiger partial charge in [0.25, 0.3) is 0 Å². The normalized spacial score (nSPS) is 19.5. The molecule has 0 aliphatic carbocycles. The molecule has 0 fully saturated rings. The third kappa shape index (κ3) is 1.30. The highest BCUT2D eigenvalue weighted by molar-refractivity contribution is 5.76. The Kier molecular flexibility index (Phi) is 1.81. The Morgan fingerprint density at radius 1 is 1.46 bits per heavy atom. The van der Waals surface area contributed by atoms with Gasteiger partial charge >= 0.3 is 5.97 Å². The average molecular weight is 176 g/mol. The standard InChI is InChI=1S/C9H8N2O2/c12-9(13)8-7-4-2-1-3-6(7)5-10-11-8/h1-4,8H,5H2,(H,12,13). The van der Waals surface area contributed by atoms with Gasteiger partial charge in [0.1, 0.15) is 0 Å². The molecule has 0 radical (unpaired) electrons. The summed E-state index contributed by atoms with van der Waals surface area (Å²) in [5.74, 6) is -0.948. The molecule has 1 aromatic carbocycles. The van der Waals surface area contributed by atoms with Crippen molar-refractivity contribution in [3.63, 3.8) is 0 Å². The number of nitrogens with zero attached hydrogens (tertiary/aromatic N) is 2. The molecule has 1 aliphatic rings. The van der Waals surface area contributed by atoms with E-state index in [-0.39, 0.29) is 0 Å². The van der Waals surface area contributed by atoms with Gasteiger partial charge in [0.2, 0.25) is 0 Å². The first kappa shape index (κ1) is 7.91. The first-order valence-electron chi connectivity index (χ1n) is 3.96. The quantitative estimate of drug-likeness (QED) is 0.708. The molecule has 2 rings (SSSR count). The number of aliphatic carboxylic acids is 1. The Bertz CT molecular complexity index is 374. The number of hydrogen-bond donors (Lipinski definition) is 1. The topological polar surface area (TPSA) is 62.0 Å². The van der Waals surface area contributed by atoms with E-state index in [9.17, 15) is 4.79 Å². The molecule has 1 aliphatic heterocycles. The lowest BCUT2D eigenvalue weighted by molar-refractivity contribution is -0.138. The predicted octanol–water partition coefficient (Wildman–Crippen LogP) is 1.78. The maximum absolute atomic E-state index is 10.8. The molecule has 1 unspecified atom stereocenters. The molecule has 0 spiro atoms. The smallest absolute Gasteiger partial charge is 0.335 e. The van der Waals surface area contributed by atoms with E-state index in [0.29, 0.717) is 6.54 Å². The van der Waals surface area contributed by atoms with Crippen molar-refractivity contribution in [1.29, 1.82) is 0 Å². The van der Waals surface area contributed by atoms with Crippen molar-refractivity contribution in [2.45, 2.75) is 12.6 Å². The molecule has 1 heterocycles. The van der Waals surface area contributed by atoms with Gasteiger partial charge in [0.15, 0.2) is 6.04 Å². The van der Waals surface area contributed by atoms with Gasteiger partial charge in [0.05, 0.1) is 6.54 Å². The minimum atomic E-state index is -0.948. The number of fused-ring (bicyclic) bond motifs is 1. The largest absolute Gasteiger partial charge is 0.479 e. The molecule has 1 N–H and O–H groups in total. The fourth-order valence-electron chi connectivity index (χ4n) is 1.39. The van der Waals surface area contributed by atoms with Crippen LogP contribution in [0.3, 0.4) is 0 Å². The van der Waals surface area contributed by atoms with E-state index in [1.807, 2.05) is 18.2 Å². The van der Waals surface area contributed by atoms with Crippen LogP contribution in [0.5, 0.6) is 0 Å². The predicted molar refractivity (Wildman–Crippen MR) is 45.4 cm³/mol. The van der Waals surface area contributed by atoms with Crippen LogP contribution in [0.4, 0.5) is 0 Å². The van der Waals surface area contributed by atoms with Gasteiger partial charge in [-0.25, -0.2) is 4.79 Å². The molecule has 0 bridgehead atoms. The second-order valence-electron chi connectivity index (χ2n) is 2.85. The van der Waals surface area contributed by atoms with Gasteiger partial charge in [-0.2, -0.15) is 10.2 Å². The maximum atomic E-state index is 10.8. The summed E-state index contributed by atoms with van der Waals surface area (Å²) in [5, 5.41) is 16.3. The third-order valence-corrected chi connectivity index (χ3v) is 2.02. The molecule has 0 amide bonds. The van der Waals surface area contributed by atoms with Gasteiger partial charge in [0, 0.05) is 0 Å². The SMILES string of the molecule is O=C(O)C1N=NCc2ccccc21. The molecule has 66 valence electrons. The lowest BCUT2D eigenvalue weighted by Gasteiger charge is -2.14. The van der Waals surface area contributed by atoms with Gasteiger partial charge in [-0.05, 0) is 11.1 Å². The Morgan fingerprint density at radius 3 is 3.00 bits per heavy atom. The van der Waals surface area contributed by atoms with Gasteiger partial charge in [-0.1, -0.05) is 24.3 Å². The minimum absolute atomic E-state index is 0.486. The summed E-state index contributed by atoms with van der Waals surface area (Å²) in [6.45, 7) is 0.486. The van der Waals surface area contributed by atoms with E-state index in [4.69, 9.17) is 5.11 Å². The van der Waals surface area contributed by atoms with Gasteiger partial charge in [-0.15, -0.1) is 0 Å². The first-order valence-corrected chi connectivity index (χ1v) is 3.96. The summed E-state index contributed by atoms with van der Waals surface area (Å²) >= 11 is 0. The van der Waals surface area contributed by atoms with Gasteiger partial charge in [-0.3, -0.25) is 0 Å². The second kappa shape index (κ2) is 2.97. The zero-order valence-electron chi connectivity index (χ0n) is 6.84. The molecular weight excluding hydrogens is 168 g/mol. The molecule has 4 nitrogen and oxygen atoms in total. The van der Waals surface area contributed by atoms with Crippen molar-refractivity contribution in [3.8, 4) is 0 Å². The van der Waals surface area contributed by atoms with Crippen LogP contribution in [-0.2, 0) is 11.3 Å². The van der Waals surface area contributed by atoms with E-state index in [0.717, 1.165) is 11.1 Å². The summed E-state index contributed by atoms with van der Waals surface area (Å²) in [4.78, 5) is 10.8. The Balaban J connectivity index is 2.48. The highest BCUT2D eigenvalue weighted by Gasteiger charge is 2.24. The van der Waals surface area contributed by atoms with Crippen molar-refractivity contribution < 1.29 is 9.90 Å². The Morgan fingerprint density at radius 2 is 2.23 bits per heavy atom. The van der Waals surface area contributed by atoms with Crippen LogP contribution in [-0.4, -0.2) is 11.1 Å². The first-order chi connectivity index (χ1) is 6.29. The Hall–Kier alpha value is -1.71. The third-order valence-electron chi connectivity index (χ3n) is 2.02. The van der Waals surface area contributed by atoms with Crippen LogP contribution >= 0.6 is 0 Å². The lowest BCUT2D eigenvalue weighted by Crippen LogP contribution is -2.13. The van der Waals surface area contributed by atoms with E-state index >= 15 is 0 Å². The summed E-state index contributed by atoms with van der Waals surface area (Å²) in [6, 6.07) is 6.54. The van der Waals surface area contributed by atoms with E-state index in [1.54, 1.807) is 6.07 Å². The van der Waals surface area contributed by atoms with E-state index in [2.05, 4.69) is 10.2 Å². The average Bonchev–Trinajstić information content (AvgIpc) is 2.17. The number of rotatable bonds is 1. The lowest BCUT2D eigenvalue weighted by atomic mass is 10.00. The van der Waals surface area contributed by atoms with Crippen molar-refractivity contribution in [1.82, 2.24) is 0 Å². The summed E-state index contributed by atoms with van der Waals surface area (Å²) < 4.78 is 0. The van der Waals surface area contributed by atoms with Gasteiger partial charge < -0.3 is 5.11 Å². The highest BCUT2D eigenvalue weighted by Crippen LogP contribution is 2.26. The van der Waals surface area contributed by atoms with Crippen LogP contribution < -0.4 is 0 Å². The van der Waals surface area contributed by atoms with Crippen molar-refractivity contribution in [2.75, 3.05) is 0 Å². The summed E-state index contributed by atoms with van der Waals surface area (Å²) in [6.07, 6.45) is 0. The van der Waals surface area contributed by atoms with E-state index < -0.39 is 12.0 Å². The fraction of sp³-hybridized carbons (Fsp3) is 0.222. The minimum Gasteiger partial charge on any atom is -0.479 e. The number of benzene rings is 1. The number of carboxylic acid groups (broad SMARTS) is 1. The van der Waals surface area contributed by atoms with Crippen molar-refractivity contribution in [2.24, 2.45) is 10.2 Å². The van der Waals surface area contributed by atoms with Crippen LogP contribution in [0, 0.1) is 0 Å². The molecule has 4 heteroatoms. The molecule has 1 atom stereocenters. The molecule has 1 aromatic rings. The van der Waals surface area contributed by atoms with Crippen molar-refractivity contribution >= 4 is 5.97 Å². The zero-order chi connectivity index (χ0) is 9.26. The summed E-state index contributed by atoms with van der Waals surface area (Å²) in [5.41, 5.74) is 1.70. The number of hydrogen-bond acceptors (Lipinski definition) is 3. The molecule has 0 saturated carbocycles. The number of carbonyl (C=O) groups is 1. The second-order valence-corrected chi connectivity index (χ2v) is 2.85. The van der Waals surface area contributed by atoms with Crippen LogP contribution in [0.25, 0.3) is 0 Å². The monoisotopic (exact) mass is 176 g/mol. The molecule has 13 heavy (non-hydrogen) atoms. The fourth-order valence-corrected chi connectivity index (χ4v) is 1.39. The number of azo groups is 1. The van der Waals surface area contributed by atoms with Crippen LogP contribution in [0.1, 0.15) is 17.2 Å². The summed E-state index contributed by atoms with van der Waals surface area (Å²) in [7, 11) is 0. The molecule has 0 saturated heterocycles. The van der Waals surface area contributed by atoms with Crippen molar-refractivity contribution in [3.05, 3.63) is 35.4 Å². The Labute approximate surface area is 74.9 Å². The number of carboxylic acids is 1. The van der Waals surface area contributed by atoms with Crippen LogP contribution in [0.2, 0.25) is 0 Å². The zero-order valence-corrected chi connectivity index (χ0v) is 6.84. The molecular formula is C9H8N2O2.